The van der Waals surface area contributed by atoms with Crippen molar-refractivity contribution in [2.24, 2.45) is 0 Å². The first-order valence-electron chi connectivity index (χ1n) is 11.2. The van der Waals surface area contributed by atoms with Gasteiger partial charge in [-0.15, -0.1) is 21.5 Å². The summed E-state index contributed by atoms with van der Waals surface area (Å²) in [5.74, 6) is 0.469. The second kappa shape index (κ2) is 11.3. The van der Waals surface area contributed by atoms with Gasteiger partial charge in [0.15, 0.2) is 16.1 Å². The summed E-state index contributed by atoms with van der Waals surface area (Å²) in [6.07, 6.45) is 0. The summed E-state index contributed by atoms with van der Waals surface area (Å²) in [5, 5.41) is 15.6. The number of nitrogens with one attached hydrogen (secondary N) is 2. The molecule has 180 valence electrons. The van der Waals surface area contributed by atoms with Crippen LogP contribution in [0.2, 0.25) is 0 Å². The molecule has 2 aromatic heterocycles. The van der Waals surface area contributed by atoms with Crippen molar-refractivity contribution in [2.45, 2.75) is 38.5 Å². The SMILES string of the molecule is CCn1c(SCC(=O)Nc2nc(-c3ccccc3)c(C)s2)nnc1[C@@H](C)NC(=O)c1ccccc1. The Hall–Kier alpha value is -3.50. The number of anilines is 1. The molecule has 0 aliphatic rings. The number of benzene rings is 2. The number of carbonyl (C=O) groups excluding carboxylic acids is 2. The molecule has 35 heavy (non-hydrogen) atoms. The molecule has 4 rings (SSSR count). The Kier molecular flexibility index (Phi) is 7.94. The maximum Gasteiger partial charge on any atom is 0.251 e. The lowest BCUT2D eigenvalue weighted by atomic mass is 10.1. The zero-order valence-corrected chi connectivity index (χ0v) is 21.3. The molecular weight excluding hydrogens is 480 g/mol. The van der Waals surface area contributed by atoms with Crippen LogP contribution in [0.3, 0.4) is 0 Å². The summed E-state index contributed by atoms with van der Waals surface area (Å²) in [6.45, 7) is 6.46. The third-order valence-electron chi connectivity index (χ3n) is 5.26. The van der Waals surface area contributed by atoms with Gasteiger partial charge in [0.25, 0.3) is 5.91 Å². The molecule has 2 amide bonds. The van der Waals surface area contributed by atoms with Crippen molar-refractivity contribution in [1.29, 1.82) is 0 Å². The number of carbonyl (C=O) groups is 2. The van der Waals surface area contributed by atoms with Crippen LogP contribution < -0.4 is 10.6 Å². The highest BCUT2D eigenvalue weighted by molar-refractivity contribution is 7.99. The summed E-state index contributed by atoms with van der Waals surface area (Å²) >= 11 is 2.75. The minimum Gasteiger partial charge on any atom is -0.342 e. The Balaban J connectivity index is 1.37. The standard InChI is InChI=1S/C25H26N6O2S2/c1-4-31-22(16(2)26-23(33)19-13-9-6-10-14-19)29-30-25(31)34-15-20(32)27-24-28-21(17(3)35-24)18-11-7-5-8-12-18/h5-14,16H,4,15H2,1-3H3,(H,26,33)(H,27,28,32)/t16-/m1/s1. The van der Waals surface area contributed by atoms with Gasteiger partial charge in [-0.05, 0) is 32.9 Å². The van der Waals surface area contributed by atoms with Gasteiger partial charge in [0.2, 0.25) is 5.91 Å². The van der Waals surface area contributed by atoms with E-state index in [0.717, 1.165) is 16.1 Å². The zero-order valence-electron chi connectivity index (χ0n) is 19.7. The minimum atomic E-state index is -0.340. The van der Waals surface area contributed by atoms with Gasteiger partial charge in [-0.1, -0.05) is 60.3 Å². The topological polar surface area (TPSA) is 102 Å². The summed E-state index contributed by atoms with van der Waals surface area (Å²) in [4.78, 5) is 30.7. The quantitative estimate of drug-likeness (QED) is 0.312. The van der Waals surface area contributed by atoms with Gasteiger partial charge >= 0.3 is 0 Å². The summed E-state index contributed by atoms with van der Waals surface area (Å²) in [6, 6.07) is 18.6. The average molecular weight is 507 g/mol. The molecule has 8 nitrogen and oxygen atoms in total. The van der Waals surface area contributed by atoms with Gasteiger partial charge < -0.3 is 15.2 Å². The highest BCUT2D eigenvalue weighted by Gasteiger charge is 2.20. The molecule has 0 spiro atoms. The van der Waals surface area contributed by atoms with Crippen LogP contribution in [-0.4, -0.2) is 37.3 Å². The summed E-state index contributed by atoms with van der Waals surface area (Å²) < 4.78 is 1.91. The van der Waals surface area contributed by atoms with Crippen LogP contribution in [0.5, 0.6) is 0 Å². The van der Waals surface area contributed by atoms with Crippen molar-refractivity contribution in [2.75, 3.05) is 11.1 Å². The third-order valence-corrected chi connectivity index (χ3v) is 7.11. The summed E-state index contributed by atoms with van der Waals surface area (Å²) in [5.41, 5.74) is 2.48. The van der Waals surface area contributed by atoms with Crippen molar-refractivity contribution in [3.05, 3.63) is 76.9 Å². The number of nitrogens with zero attached hydrogens (tertiary/aromatic N) is 4. The number of rotatable bonds is 9. The van der Waals surface area contributed by atoms with Crippen molar-refractivity contribution >= 4 is 40.0 Å². The fourth-order valence-electron chi connectivity index (χ4n) is 3.56. The molecule has 2 aromatic carbocycles. The number of thioether (sulfide) groups is 1. The Morgan fingerprint density at radius 2 is 1.74 bits per heavy atom. The monoisotopic (exact) mass is 506 g/mol. The molecule has 0 saturated carbocycles. The van der Waals surface area contributed by atoms with Crippen LogP contribution in [0.15, 0.2) is 65.8 Å². The molecule has 4 aromatic rings. The van der Waals surface area contributed by atoms with Gasteiger partial charge in [-0.2, -0.15) is 0 Å². The van der Waals surface area contributed by atoms with Crippen LogP contribution in [0.4, 0.5) is 5.13 Å². The smallest absolute Gasteiger partial charge is 0.251 e. The van der Waals surface area contributed by atoms with Gasteiger partial charge in [0.05, 0.1) is 17.5 Å². The molecule has 0 aliphatic carbocycles. The van der Waals surface area contributed by atoms with Crippen LogP contribution in [0, 0.1) is 6.92 Å². The number of aromatic nitrogens is 4. The highest BCUT2D eigenvalue weighted by atomic mass is 32.2. The fraction of sp³-hybridized carbons (Fsp3) is 0.240. The van der Waals surface area contributed by atoms with E-state index in [9.17, 15) is 9.59 Å². The normalized spacial score (nSPS) is 11.7. The predicted octanol–water partition coefficient (Wildman–Crippen LogP) is 4.95. The molecule has 2 N–H and O–H groups in total. The van der Waals surface area contributed by atoms with Crippen LogP contribution in [0.25, 0.3) is 11.3 Å². The Bertz CT molecular complexity index is 1300. The number of thiazole rings is 1. The highest BCUT2D eigenvalue weighted by Crippen LogP contribution is 2.30. The molecule has 2 heterocycles. The first-order chi connectivity index (χ1) is 17.0. The fourth-order valence-corrected chi connectivity index (χ4v) is 5.22. The zero-order chi connectivity index (χ0) is 24.8. The molecular formula is C25H26N6O2S2. The lowest BCUT2D eigenvalue weighted by Gasteiger charge is -2.15. The lowest BCUT2D eigenvalue weighted by molar-refractivity contribution is -0.113. The van der Waals surface area contributed by atoms with Gasteiger partial charge in [0.1, 0.15) is 0 Å². The van der Waals surface area contributed by atoms with E-state index in [4.69, 9.17) is 0 Å². The number of hydrogen-bond donors (Lipinski definition) is 2. The van der Waals surface area contributed by atoms with Gasteiger partial charge in [0, 0.05) is 22.5 Å². The van der Waals surface area contributed by atoms with Crippen molar-refractivity contribution < 1.29 is 9.59 Å². The van der Waals surface area contributed by atoms with Gasteiger partial charge in [-0.25, -0.2) is 4.98 Å². The lowest BCUT2D eigenvalue weighted by Crippen LogP contribution is -2.28. The first-order valence-corrected chi connectivity index (χ1v) is 13.0. The van der Waals surface area contributed by atoms with E-state index >= 15 is 0 Å². The average Bonchev–Trinajstić information content (AvgIpc) is 3.46. The second-order valence-corrected chi connectivity index (χ2v) is 9.92. The maximum atomic E-state index is 12.6. The Labute approximate surface area is 212 Å². The van der Waals surface area contributed by atoms with E-state index < -0.39 is 0 Å². The molecule has 0 aliphatic heterocycles. The first kappa shape index (κ1) is 24.6. The van der Waals surface area contributed by atoms with E-state index in [2.05, 4.69) is 25.8 Å². The van der Waals surface area contributed by atoms with Crippen LogP contribution in [-0.2, 0) is 11.3 Å². The molecule has 0 bridgehead atoms. The minimum absolute atomic E-state index is 0.166. The molecule has 10 heteroatoms. The third kappa shape index (κ3) is 5.95. The molecule has 0 fully saturated rings. The van der Waals surface area contributed by atoms with Crippen LogP contribution >= 0.6 is 23.1 Å². The molecule has 0 radical (unpaired) electrons. The molecule has 0 saturated heterocycles. The maximum absolute atomic E-state index is 12.6. The van der Waals surface area contributed by atoms with E-state index in [1.165, 1.54) is 23.1 Å². The van der Waals surface area contributed by atoms with E-state index in [-0.39, 0.29) is 23.6 Å². The van der Waals surface area contributed by atoms with E-state index in [0.29, 0.717) is 28.2 Å². The molecule has 1 atom stereocenters. The number of hydrogen-bond acceptors (Lipinski definition) is 7. The molecule has 0 unspecified atom stereocenters. The van der Waals surface area contributed by atoms with Gasteiger partial charge in [-0.3, -0.25) is 9.59 Å². The van der Waals surface area contributed by atoms with Crippen LogP contribution in [0.1, 0.15) is 40.9 Å². The summed E-state index contributed by atoms with van der Waals surface area (Å²) in [7, 11) is 0. The van der Waals surface area contributed by atoms with Crippen molar-refractivity contribution in [3.8, 4) is 11.3 Å². The van der Waals surface area contributed by atoms with Crippen molar-refractivity contribution in [1.82, 2.24) is 25.1 Å². The van der Waals surface area contributed by atoms with E-state index in [1.807, 2.05) is 73.9 Å². The Morgan fingerprint density at radius 1 is 1.06 bits per heavy atom. The number of aryl methyl sites for hydroxylation is 1. The largest absolute Gasteiger partial charge is 0.342 e. The number of amides is 2. The second-order valence-electron chi connectivity index (χ2n) is 7.77. The van der Waals surface area contributed by atoms with Crippen molar-refractivity contribution in [3.63, 3.8) is 0 Å². The van der Waals surface area contributed by atoms with E-state index in [1.54, 1.807) is 12.1 Å². The predicted molar refractivity (Wildman–Crippen MR) is 140 cm³/mol. The Morgan fingerprint density at radius 3 is 2.43 bits per heavy atom.